The van der Waals surface area contributed by atoms with E-state index in [1.807, 2.05) is 11.8 Å². The summed E-state index contributed by atoms with van der Waals surface area (Å²) in [5.74, 6) is -2.33. The maximum Gasteiger partial charge on any atom is 0.303 e. The van der Waals surface area contributed by atoms with Crippen LogP contribution in [-0.4, -0.2) is 125 Å². The standard InChI is InChI=1S/C38H52N2O16S4/c1-37(17-8-24-57(43,44)45)30-26-28(59(49,50)51)13-15-32(30)40(20-9-25-58(46,47)48)34(37)10-7-11-35-38(2,18-21-56-23-22-55-3)31-27-29(60(52,53)54)14-16-33(31)39(35)19-6-4-5-12-36(41)42/h7,10-11,13-16,26-27H,4-6,8-9,12,17-25H2,1-3H3,(H4-,41,42,43,44,45,46,47,48,49,50,51,52,53,54)/p-2. The van der Waals surface area contributed by atoms with Crippen molar-refractivity contribution in [1.82, 2.24) is 0 Å². The molecule has 0 bridgehead atoms. The molecule has 0 aliphatic carbocycles. The fraction of sp³-hybridized carbons (Fsp3) is 0.526. The third-order valence-corrected chi connectivity index (χ3v) is 14.1. The van der Waals surface area contributed by atoms with E-state index in [0.29, 0.717) is 72.7 Å². The van der Waals surface area contributed by atoms with Crippen LogP contribution in [0.15, 0.2) is 70.1 Å². The van der Waals surface area contributed by atoms with Crippen molar-refractivity contribution in [2.45, 2.75) is 85.8 Å². The number of carboxylic acids is 1. The summed E-state index contributed by atoms with van der Waals surface area (Å²) in [6.07, 6.45) is 6.45. The predicted octanol–water partition coefficient (Wildman–Crippen LogP) is 3.37. The van der Waals surface area contributed by atoms with Crippen molar-refractivity contribution < 1.29 is 75.8 Å². The van der Waals surface area contributed by atoms with Crippen LogP contribution in [0.4, 0.5) is 11.4 Å². The molecular formula is C38H50N2O16S4-2. The van der Waals surface area contributed by atoms with Crippen LogP contribution in [0.2, 0.25) is 0 Å². The lowest BCUT2D eigenvalue weighted by Gasteiger charge is -2.30. The molecule has 2 aromatic rings. The van der Waals surface area contributed by atoms with Gasteiger partial charge in [-0.1, -0.05) is 12.5 Å². The Hall–Kier alpha value is -3.58. The normalized spacial score (nSPS) is 20.4. The lowest BCUT2D eigenvalue weighted by molar-refractivity contribution is -0.437. The van der Waals surface area contributed by atoms with Gasteiger partial charge in [0.1, 0.15) is 26.8 Å². The monoisotopic (exact) mass is 918 g/mol. The van der Waals surface area contributed by atoms with Crippen LogP contribution in [0, 0.1) is 0 Å². The average Bonchev–Trinajstić information content (AvgIpc) is 3.49. The maximum atomic E-state index is 12.2. The zero-order chi connectivity index (χ0) is 44.7. The van der Waals surface area contributed by atoms with Crippen LogP contribution >= 0.6 is 0 Å². The molecule has 2 aromatic carbocycles. The number of aliphatic carboxylic acids is 1. The lowest BCUT2D eigenvalue weighted by atomic mass is 9.75. The van der Waals surface area contributed by atoms with Gasteiger partial charge < -0.3 is 33.1 Å². The van der Waals surface area contributed by atoms with Crippen molar-refractivity contribution in [1.29, 1.82) is 0 Å². The van der Waals surface area contributed by atoms with E-state index in [9.17, 15) is 56.7 Å². The summed E-state index contributed by atoms with van der Waals surface area (Å²) in [6, 6.07) is 7.71. The first-order chi connectivity index (χ1) is 27.8. The summed E-state index contributed by atoms with van der Waals surface area (Å²) in [6.45, 7) is 4.59. The maximum absolute atomic E-state index is 12.2. The Morgan fingerprint density at radius 3 is 2.05 bits per heavy atom. The molecule has 18 nitrogen and oxygen atoms in total. The van der Waals surface area contributed by atoms with Gasteiger partial charge in [-0.15, -0.1) is 0 Å². The number of fused-ring (bicyclic) bond motifs is 2. The highest BCUT2D eigenvalue weighted by Crippen LogP contribution is 2.51. The fourth-order valence-corrected chi connectivity index (χ4v) is 9.85. The van der Waals surface area contributed by atoms with Gasteiger partial charge in [0.05, 0.1) is 44.3 Å². The molecule has 0 fully saturated rings. The molecule has 0 spiro atoms. The number of nitrogens with zero attached hydrogens (tertiary/aromatic N) is 2. The summed E-state index contributed by atoms with van der Waals surface area (Å²) >= 11 is 0. The summed E-state index contributed by atoms with van der Waals surface area (Å²) in [5, 5.41) is 9.16. The summed E-state index contributed by atoms with van der Waals surface area (Å²) in [7, 11) is -17.4. The zero-order valence-electron chi connectivity index (χ0n) is 33.4. The van der Waals surface area contributed by atoms with E-state index in [0.717, 1.165) is 6.07 Å². The highest BCUT2D eigenvalue weighted by atomic mass is 32.2. The van der Waals surface area contributed by atoms with Crippen molar-refractivity contribution >= 4 is 63.5 Å². The Morgan fingerprint density at radius 2 is 1.45 bits per heavy atom. The number of hydrogen-bond donors (Lipinski definition) is 2. The van der Waals surface area contributed by atoms with Gasteiger partial charge in [0.15, 0.2) is 5.71 Å². The van der Waals surface area contributed by atoms with Crippen molar-refractivity contribution in [2.24, 2.45) is 0 Å². The zero-order valence-corrected chi connectivity index (χ0v) is 36.7. The number of rotatable bonds is 24. The first-order valence-corrected chi connectivity index (χ1v) is 25.0. The molecule has 0 amide bonds. The molecule has 60 heavy (non-hydrogen) atoms. The van der Waals surface area contributed by atoms with Gasteiger partial charge in [-0.25, -0.2) is 25.3 Å². The van der Waals surface area contributed by atoms with Gasteiger partial charge in [0, 0.05) is 73.4 Å². The van der Waals surface area contributed by atoms with Crippen molar-refractivity contribution in [3.05, 3.63) is 71.5 Å². The number of anilines is 1. The Labute approximate surface area is 351 Å². The minimum absolute atomic E-state index is 0.0350. The van der Waals surface area contributed by atoms with E-state index in [1.54, 1.807) is 29.7 Å². The van der Waals surface area contributed by atoms with Crippen LogP contribution in [0.3, 0.4) is 0 Å². The molecule has 0 saturated carbocycles. The topological polar surface area (TPSA) is 288 Å². The molecule has 22 heteroatoms. The third kappa shape index (κ3) is 12.5. The van der Waals surface area contributed by atoms with Crippen LogP contribution in [0.1, 0.15) is 76.3 Å². The van der Waals surface area contributed by atoms with Gasteiger partial charge in [-0.2, -0.15) is 13.0 Å². The molecule has 2 heterocycles. The van der Waals surface area contributed by atoms with E-state index in [4.69, 9.17) is 14.6 Å². The van der Waals surface area contributed by atoms with Crippen molar-refractivity contribution in [2.75, 3.05) is 56.4 Å². The first kappa shape index (κ1) is 49.1. The molecule has 2 unspecified atom stereocenters. The Balaban J connectivity index is 1.93. The highest BCUT2D eigenvalue weighted by Gasteiger charge is 2.48. The van der Waals surface area contributed by atoms with E-state index in [-0.39, 0.29) is 45.4 Å². The van der Waals surface area contributed by atoms with Gasteiger partial charge in [0.25, 0.3) is 10.1 Å². The summed E-state index contributed by atoms with van der Waals surface area (Å²) in [5.41, 5.74) is 0.581. The van der Waals surface area contributed by atoms with Crippen molar-refractivity contribution in [3.8, 4) is 0 Å². The molecular weight excluding hydrogens is 869 g/mol. The molecule has 334 valence electrons. The van der Waals surface area contributed by atoms with E-state index in [1.165, 1.54) is 37.4 Å². The third-order valence-electron chi connectivity index (χ3n) is 10.8. The first-order valence-electron chi connectivity index (χ1n) is 19.0. The van der Waals surface area contributed by atoms with E-state index in [2.05, 4.69) is 0 Å². The number of carboxylic acid groups (broad SMARTS) is 1. The van der Waals surface area contributed by atoms with Crippen LogP contribution in [0.25, 0.3) is 0 Å². The second kappa shape index (κ2) is 19.6. The summed E-state index contributed by atoms with van der Waals surface area (Å²) < 4.78 is 154. The molecule has 2 atom stereocenters. The SMILES string of the molecule is COCCOCCC1(C)C(=CC=CC2=[N+](CCCS(=O)(=O)O)c3ccc(S(=O)(=O)[O-])cc3C2(C)CCCS(=O)(=O)[O-])N(CCCCCC(=O)O)c2ccc(S(=O)(=O)[O-])cc21. The number of ether oxygens (including phenoxy) is 2. The van der Waals surface area contributed by atoms with Crippen LogP contribution < -0.4 is 4.90 Å². The second-order valence-corrected chi connectivity index (χ2v) is 20.9. The van der Waals surface area contributed by atoms with Crippen LogP contribution in [-0.2, 0) is 65.6 Å². The number of methoxy groups -OCH3 is 1. The van der Waals surface area contributed by atoms with Crippen molar-refractivity contribution in [3.63, 3.8) is 0 Å². The van der Waals surface area contributed by atoms with Gasteiger partial charge >= 0.3 is 5.97 Å². The quantitative estimate of drug-likeness (QED) is 0.0867. The van der Waals surface area contributed by atoms with Gasteiger partial charge in [-0.3, -0.25) is 9.35 Å². The number of benzene rings is 2. The Kier molecular flexibility index (Phi) is 16.1. The largest absolute Gasteiger partial charge is 0.748 e. The smallest absolute Gasteiger partial charge is 0.303 e. The number of unbranched alkanes of at least 4 members (excludes halogenated alkanes) is 2. The van der Waals surface area contributed by atoms with Crippen LogP contribution in [0.5, 0.6) is 0 Å². The van der Waals surface area contributed by atoms with Gasteiger partial charge in [0.2, 0.25) is 5.69 Å². The highest BCUT2D eigenvalue weighted by molar-refractivity contribution is 7.86. The second-order valence-electron chi connectivity index (χ2n) is 15.1. The molecule has 0 saturated heterocycles. The van der Waals surface area contributed by atoms with Gasteiger partial charge in [-0.05, 0) is 87.9 Å². The van der Waals surface area contributed by atoms with E-state index >= 15 is 0 Å². The molecule has 2 aliphatic rings. The average molecular weight is 919 g/mol. The predicted molar refractivity (Wildman–Crippen MR) is 216 cm³/mol. The molecule has 0 radical (unpaired) electrons. The molecule has 2 aliphatic heterocycles. The number of allylic oxidation sites excluding steroid dienone is 4. The Morgan fingerprint density at radius 1 is 0.800 bits per heavy atom. The fourth-order valence-electron chi connectivity index (χ4n) is 7.86. The molecule has 0 aromatic heterocycles. The summed E-state index contributed by atoms with van der Waals surface area (Å²) in [4.78, 5) is 12.1. The van der Waals surface area contributed by atoms with E-state index < -0.39 is 78.6 Å². The number of carbonyl (C=O) groups is 1. The minimum atomic E-state index is -4.98. The molecule has 2 N–H and O–H groups in total. The minimum Gasteiger partial charge on any atom is -0.748 e. The Bertz CT molecular complexity index is 2470. The molecule has 4 rings (SSSR count). The lowest BCUT2D eigenvalue weighted by Crippen LogP contribution is -2.32. The number of hydrogen-bond acceptors (Lipinski definition) is 15.